The van der Waals surface area contributed by atoms with Crippen molar-refractivity contribution in [2.75, 3.05) is 6.54 Å². The van der Waals surface area contributed by atoms with Gasteiger partial charge >= 0.3 is 0 Å². The summed E-state index contributed by atoms with van der Waals surface area (Å²) in [5.74, 6) is 5.31. The van der Waals surface area contributed by atoms with Crippen molar-refractivity contribution < 1.29 is 0 Å². The highest BCUT2D eigenvalue weighted by atomic mass is 15.3. The van der Waals surface area contributed by atoms with Crippen molar-refractivity contribution in [1.29, 1.82) is 0 Å². The van der Waals surface area contributed by atoms with E-state index in [-0.39, 0.29) is 0 Å². The number of hydrogen-bond donors (Lipinski definition) is 1. The molecule has 3 rings (SSSR count). The van der Waals surface area contributed by atoms with Crippen molar-refractivity contribution in [1.82, 2.24) is 5.43 Å². The summed E-state index contributed by atoms with van der Waals surface area (Å²) >= 11 is 0. The third-order valence-corrected chi connectivity index (χ3v) is 6.89. The van der Waals surface area contributed by atoms with Crippen molar-refractivity contribution in [3.63, 3.8) is 0 Å². The molecule has 0 aromatic heterocycles. The Balaban J connectivity index is 1.65. The normalized spacial score (nSPS) is 42.2. The van der Waals surface area contributed by atoms with Gasteiger partial charge in [-0.15, -0.1) is 0 Å². The van der Waals surface area contributed by atoms with E-state index in [4.69, 9.17) is 5.10 Å². The van der Waals surface area contributed by atoms with Crippen molar-refractivity contribution in [2.24, 2.45) is 46.5 Å². The van der Waals surface area contributed by atoms with Crippen LogP contribution in [-0.2, 0) is 0 Å². The first kappa shape index (κ1) is 17.0. The molecule has 2 nitrogen and oxygen atoms in total. The minimum atomic E-state index is 0.567. The molecule has 0 aromatic rings. The molecular weight excluding hydrogens is 280 g/mol. The van der Waals surface area contributed by atoms with Crippen LogP contribution in [0, 0.1) is 41.4 Å². The zero-order chi connectivity index (χ0) is 16.4. The Bertz CT molecular complexity index is 453. The first-order chi connectivity index (χ1) is 11.1. The maximum absolute atomic E-state index is 4.76. The molecule has 1 N–H and O–H groups in total. The fourth-order valence-corrected chi connectivity index (χ4v) is 5.32. The molecular formula is C21H36N2. The van der Waals surface area contributed by atoms with Gasteiger partial charge in [-0.2, -0.15) is 5.10 Å². The van der Waals surface area contributed by atoms with Crippen LogP contribution >= 0.6 is 0 Å². The number of hydrogen-bond acceptors (Lipinski definition) is 2. The molecule has 0 radical (unpaired) electrons. The van der Waals surface area contributed by atoms with Gasteiger partial charge in [-0.3, -0.25) is 0 Å². The molecule has 0 spiro atoms. The molecule has 1 heterocycles. The molecule has 3 aliphatic rings. The number of hydrazone groups is 1. The van der Waals surface area contributed by atoms with Gasteiger partial charge in [0.1, 0.15) is 0 Å². The average molecular weight is 317 g/mol. The summed E-state index contributed by atoms with van der Waals surface area (Å²) < 4.78 is 0. The van der Waals surface area contributed by atoms with Gasteiger partial charge in [-0.05, 0) is 42.4 Å². The molecule has 2 heteroatoms. The highest BCUT2D eigenvalue weighted by molar-refractivity contribution is 5.92. The molecule has 1 aliphatic heterocycles. The summed E-state index contributed by atoms with van der Waals surface area (Å²) in [7, 11) is 0. The van der Waals surface area contributed by atoms with Crippen molar-refractivity contribution in [2.45, 2.75) is 66.2 Å². The summed E-state index contributed by atoms with van der Waals surface area (Å²) in [6.45, 7) is 10.8. The van der Waals surface area contributed by atoms with Crippen LogP contribution in [0.25, 0.3) is 0 Å². The second-order valence-electron chi connectivity index (χ2n) is 8.84. The van der Waals surface area contributed by atoms with Crippen molar-refractivity contribution in [3.8, 4) is 0 Å². The molecule has 23 heavy (non-hydrogen) atoms. The molecule has 0 saturated heterocycles. The summed E-state index contributed by atoms with van der Waals surface area (Å²) in [6.07, 6.45) is 13.4. The Morgan fingerprint density at radius 2 is 1.91 bits per heavy atom. The van der Waals surface area contributed by atoms with Gasteiger partial charge < -0.3 is 5.43 Å². The van der Waals surface area contributed by atoms with Crippen LogP contribution in [0.15, 0.2) is 17.3 Å². The molecule has 1 fully saturated rings. The van der Waals surface area contributed by atoms with Crippen LogP contribution in [-0.4, -0.2) is 12.3 Å². The quantitative estimate of drug-likeness (QED) is 0.703. The van der Waals surface area contributed by atoms with Crippen LogP contribution in [0.5, 0.6) is 0 Å². The lowest BCUT2D eigenvalue weighted by Crippen LogP contribution is -2.34. The second kappa shape index (κ2) is 7.40. The Kier molecular flexibility index (Phi) is 5.49. The van der Waals surface area contributed by atoms with Crippen molar-refractivity contribution in [3.05, 3.63) is 12.2 Å². The smallest absolute Gasteiger partial charge is 0.0501 e. The number of nitrogens with zero attached hydrogens (tertiary/aromatic N) is 1. The number of nitrogens with one attached hydrogen (secondary N) is 1. The fourth-order valence-electron chi connectivity index (χ4n) is 5.32. The van der Waals surface area contributed by atoms with Gasteiger partial charge in [-0.25, -0.2) is 0 Å². The van der Waals surface area contributed by atoms with Crippen LogP contribution in [0.4, 0.5) is 0 Å². The summed E-state index contributed by atoms with van der Waals surface area (Å²) in [6, 6.07) is 0. The van der Waals surface area contributed by atoms with Crippen LogP contribution in [0.1, 0.15) is 66.2 Å². The SMILES string of the molecule is CC1C=CC(C2=NNCC2C(C)CC2CCCCC2C)C(C)C1. The molecule has 0 amide bonds. The van der Waals surface area contributed by atoms with Crippen LogP contribution in [0.3, 0.4) is 0 Å². The summed E-state index contributed by atoms with van der Waals surface area (Å²) in [4.78, 5) is 0. The lowest BCUT2D eigenvalue weighted by Gasteiger charge is -2.35. The second-order valence-corrected chi connectivity index (χ2v) is 8.84. The predicted molar refractivity (Wildman–Crippen MR) is 99.4 cm³/mol. The van der Waals surface area contributed by atoms with Crippen molar-refractivity contribution >= 4 is 5.71 Å². The highest BCUT2D eigenvalue weighted by Gasteiger charge is 2.36. The predicted octanol–water partition coefficient (Wildman–Crippen LogP) is 5.26. The first-order valence-electron chi connectivity index (χ1n) is 10.0. The van der Waals surface area contributed by atoms with E-state index in [1.165, 1.54) is 44.2 Å². The van der Waals surface area contributed by atoms with Gasteiger partial charge in [-0.1, -0.05) is 65.5 Å². The van der Waals surface area contributed by atoms with E-state index < -0.39 is 0 Å². The van der Waals surface area contributed by atoms with E-state index in [0.29, 0.717) is 11.8 Å². The van der Waals surface area contributed by atoms with E-state index in [9.17, 15) is 0 Å². The Labute approximate surface area is 143 Å². The molecule has 0 aromatic carbocycles. The largest absolute Gasteiger partial charge is 0.309 e. The Morgan fingerprint density at radius 1 is 1.13 bits per heavy atom. The Hall–Kier alpha value is -0.790. The molecule has 7 atom stereocenters. The Morgan fingerprint density at radius 3 is 2.65 bits per heavy atom. The van der Waals surface area contributed by atoms with E-state index in [2.05, 4.69) is 45.3 Å². The summed E-state index contributed by atoms with van der Waals surface area (Å²) in [5, 5.41) is 4.76. The molecule has 2 aliphatic carbocycles. The zero-order valence-electron chi connectivity index (χ0n) is 15.6. The minimum Gasteiger partial charge on any atom is -0.309 e. The van der Waals surface area contributed by atoms with Gasteiger partial charge in [0.05, 0.1) is 5.71 Å². The standard InChI is InChI=1S/C21H36N2/c1-14-9-10-19(16(3)11-14)21-20(13-22-23-21)17(4)12-18-8-6-5-7-15(18)2/h9-10,14-20,22H,5-8,11-13H2,1-4H3. The van der Waals surface area contributed by atoms with Gasteiger partial charge in [0, 0.05) is 18.4 Å². The van der Waals surface area contributed by atoms with E-state index >= 15 is 0 Å². The van der Waals surface area contributed by atoms with E-state index in [1.54, 1.807) is 0 Å². The highest BCUT2D eigenvalue weighted by Crippen LogP contribution is 2.39. The van der Waals surface area contributed by atoms with Gasteiger partial charge in [0.2, 0.25) is 0 Å². The summed E-state index contributed by atoms with van der Waals surface area (Å²) in [5.41, 5.74) is 4.79. The maximum atomic E-state index is 4.76. The fraction of sp³-hybridized carbons (Fsp3) is 0.857. The number of rotatable bonds is 4. The van der Waals surface area contributed by atoms with E-state index in [0.717, 1.165) is 36.1 Å². The number of allylic oxidation sites excluding steroid dienone is 2. The topological polar surface area (TPSA) is 24.4 Å². The third-order valence-electron chi connectivity index (χ3n) is 6.89. The van der Waals surface area contributed by atoms with Crippen LogP contribution < -0.4 is 5.43 Å². The lowest BCUT2D eigenvalue weighted by atomic mass is 9.70. The molecule has 0 bridgehead atoms. The minimum absolute atomic E-state index is 0.567. The molecule has 130 valence electrons. The monoisotopic (exact) mass is 316 g/mol. The molecule has 7 unspecified atom stereocenters. The third kappa shape index (κ3) is 3.83. The first-order valence-corrected chi connectivity index (χ1v) is 10.0. The maximum Gasteiger partial charge on any atom is 0.0501 e. The van der Waals surface area contributed by atoms with Crippen LogP contribution in [0.2, 0.25) is 0 Å². The average Bonchev–Trinajstić information content (AvgIpc) is 2.99. The van der Waals surface area contributed by atoms with Gasteiger partial charge in [0.25, 0.3) is 0 Å². The van der Waals surface area contributed by atoms with E-state index in [1.807, 2.05) is 0 Å². The lowest BCUT2D eigenvalue weighted by molar-refractivity contribution is 0.202. The zero-order valence-corrected chi connectivity index (χ0v) is 15.6. The van der Waals surface area contributed by atoms with Gasteiger partial charge in [0.15, 0.2) is 0 Å². The molecule has 1 saturated carbocycles.